The van der Waals surface area contributed by atoms with Gasteiger partial charge in [0.1, 0.15) is 6.07 Å². The molecule has 44 heavy (non-hydrogen) atoms. The minimum atomic E-state index is 0.0313. The van der Waals surface area contributed by atoms with E-state index >= 15 is 0 Å². The van der Waals surface area contributed by atoms with E-state index < -0.39 is 0 Å². The van der Waals surface area contributed by atoms with E-state index in [2.05, 4.69) is 146 Å². The Bertz CT molecular complexity index is 2130. The zero-order chi connectivity index (χ0) is 29.8. The second-order valence-corrected chi connectivity index (χ2v) is 15.0. The highest BCUT2D eigenvalue weighted by molar-refractivity contribution is 8.01. The van der Waals surface area contributed by atoms with Crippen LogP contribution < -0.4 is 0 Å². The molecule has 3 aliphatic carbocycles. The molecule has 2 nitrogen and oxygen atoms in total. The van der Waals surface area contributed by atoms with Crippen molar-refractivity contribution in [1.82, 2.24) is 4.57 Å². The fourth-order valence-electron chi connectivity index (χ4n) is 9.10. The van der Waals surface area contributed by atoms with Crippen LogP contribution in [0.15, 0.2) is 115 Å². The summed E-state index contributed by atoms with van der Waals surface area (Å²) in [6.07, 6.45) is 9.77. The van der Waals surface area contributed by atoms with E-state index in [4.69, 9.17) is 0 Å². The van der Waals surface area contributed by atoms with Gasteiger partial charge in [-0.2, -0.15) is 5.26 Å². The van der Waals surface area contributed by atoms with Crippen LogP contribution in [0.4, 0.5) is 0 Å². The molecule has 1 aromatic heterocycles. The number of nitriles is 1. The summed E-state index contributed by atoms with van der Waals surface area (Å²) in [5, 5.41) is 13.9. The number of fused-ring (bicyclic) bond motifs is 9. The first-order valence-corrected chi connectivity index (χ1v) is 16.8. The molecule has 1 aliphatic heterocycles. The molecule has 214 valence electrons. The number of aromatic nitrogens is 1. The SMILES string of the molecule is CC1(C)C2=C(C=C[C@H]3C2S[C@H]2CCC(c4cccc(C#N)c4-n4c5ccccc5c5ccccc54)=CC23C)c2ccccc21. The number of rotatable bonds is 2. The maximum atomic E-state index is 10.4. The minimum Gasteiger partial charge on any atom is -0.307 e. The average molecular weight is 587 g/mol. The van der Waals surface area contributed by atoms with Gasteiger partial charge >= 0.3 is 0 Å². The van der Waals surface area contributed by atoms with E-state index in [1.54, 1.807) is 5.57 Å². The van der Waals surface area contributed by atoms with Gasteiger partial charge in [0.25, 0.3) is 0 Å². The molecular formula is C41H34N2S. The van der Waals surface area contributed by atoms with Gasteiger partial charge in [-0.25, -0.2) is 0 Å². The molecule has 2 heterocycles. The number of benzene rings is 4. The van der Waals surface area contributed by atoms with Crippen molar-refractivity contribution in [2.24, 2.45) is 11.3 Å². The van der Waals surface area contributed by atoms with E-state index in [9.17, 15) is 5.26 Å². The number of nitrogens with zero attached hydrogens (tertiary/aromatic N) is 2. The fourth-order valence-corrected chi connectivity index (χ4v) is 11.3. The molecule has 4 atom stereocenters. The molecule has 4 aromatic carbocycles. The van der Waals surface area contributed by atoms with Crippen molar-refractivity contribution in [3.8, 4) is 11.8 Å². The zero-order valence-electron chi connectivity index (χ0n) is 25.3. The molecule has 1 fully saturated rings. The van der Waals surface area contributed by atoms with Crippen molar-refractivity contribution in [1.29, 1.82) is 5.26 Å². The smallest absolute Gasteiger partial charge is 0.101 e. The summed E-state index contributed by atoms with van der Waals surface area (Å²) in [6, 6.07) is 35.1. The van der Waals surface area contributed by atoms with Gasteiger partial charge in [-0.1, -0.05) is 112 Å². The number of thioether (sulfide) groups is 1. The minimum absolute atomic E-state index is 0.0313. The first kappa shape index (κ1) is 26.2. The Kier molecular flexibility index (Phi) is 5.43. The molecule has 3 heteroatoms. The van der Waals surface area contributed by atoms with Gasteiger partial charge in [0.05, 0.1) is 22.3 Å². The van der Waals surface area contributed by atoms with Crippen LogP contribution >= 0.6 is 11.8 Å². The molecule has 5 aromatic rings. The van der Waals surface area contributed by atoms with Gasteiger partial charge in [-0.3, -0.25) is 0 Å². The summed E-state index contributed by atoms with van der Waals surface area (Å²) < 4.78 is 2.34. The van der Waals surface area contributed by atoms with E-state index in [-0.39, 0.29) is 10.8 Å². The van der Waals surface area contributed by atoms with E-state index in [1.807, 2.05) is 6.07 Å². The molecule has 4 aliphatic rings. The van der Waals surface area contributed by atoms with Gasteiger partial charge in [0, 0.05) is 43.6 Å². The summed E-state index contributed by atoms with van der Waals surface area (Å²) in [5.41, 5.74) is 12.6. The van der Waals surface area contributed by atoms with Crippen molar-refractivity contribution in [2.75, 3.05) is 0 Å². The zero-order valence-corrected chi connectivity index (χ0v) is 26.2. The van der Waals surface area contributed by atoms with E-state index in [0.717, 1.165) is 35.1 Å². The number of hydrogen-bond acceptors (Lipinski definition) is 2. The van der Waals surface area contributed by atoms with Crippen LogP contribution in [-0.4, -0.2) is 15.1 Å². The van der Waals surface area contributed by atoms with Gasteiger partial charge < -0.3 is 4.57 Å². The van der Waals surface area contributed by atoms with Crippen molar-refractivity contribution in [3.05, 3.63) is 137 Å². The van der Waals surface area contributed by atoms with Crippen molar-refractivity contribution in [2.45, 2.75) is 49.5 Å². The second-order valence-electron chi connectivity index (χ2n) is 13.7. The Labute approximate surface area is 263 Å². The van der Waals surface area contributed by atoms with Crippen LogP contribution in [0.25, 0.3) is 38.6 Å². The third-order valence-corrected chi connectivity index (χ3v) is 13.0. The molecule has 9 rings (SSSR count). The monoisotopic (exact) mass is 586 g/mol. The molecule has 0 spiro atoms. The third-order valence-electron chi connectivity index (χ3n) is 11.1. The molecular weight excluding hydrogens is 553 g/mol. The Morgan fingerprint density at radius 1 is 0.818 bits per heavy atom. The Morgan fingerprint density at radius 2 is 1.50 bits per heavy atom. The number of allylic oxidation sites excluding steroid dienone is 5. The maximum Gasteiger partial charge on any atom is 0.101 e. The van der Waals surface area contributed by atoms with Crippen LogP contribution in [0.5, 0.6) is 0 Å². The maximum absolute atomic E-state index is 10.4. The fraction of sp³-hybridized carbons (Fsp3) is 0.244. The first-order chi connectivity index (χ1) is 21.4. The molecule has 0 bridgehead atoms. The van der Waals surface area contributed by atoms with Crippen LogP contribution in [0.3, 0.4) is 0 Å². The van der Waals surface area contributed by atoms with Crippen LogP contribution in [0.1, 0.15) is 55.9 Å². The highest BCUT2D eigenvalue weighted by atomic mass is 32.2. The molecule has 0 radical (unpaired) electrons. The van der Waals surface area contributed by atoms with Crippen LogP contribution in [-0.2, 0) is 5.41 Å². The first-order valence-electron chi connectivity index (χ1n) is 15.8. The molecule has 2 unspecified atom stereocenters. The molecule has 0 amide bonds. The van der Waals surface area contributed by atoms with E-state index in [1.165, 1.54) is 38.6 Å². The molecule has 0 N–H and O–H groups in total. The average Bonchev–Trinajstić information content (AvgIpc) is 3.63. The van der Waals surface area contributed by atoms with Gasteiger partial charge in [0.15, 0.2) is 0 Å². The van der Waals surface area contributed by atoms with Gasteiger partial charge in [-0.15, -0.1) is 11.8 Å². The quantitative estimate of drug-likeness (QED) is 0.206. The summed E-state index contributed by atoms with van der Waals surface area (Å²) in [5.74, 6) is 0.441. The van der Waals surface area contributed by atoms with Crippen molar-refractivity contribution < 1.29 is 0 Å². The molecule has 1 saturated heterocycles. The predicted molar refractivity (Wildman–Crippen MR) is 185 cm³/mol. The lowest BCUT2D eigenvalue weighted by Crippen LogP contribution is -2.36. The lowest BCUT2D eigenvalue weighted by molar-refractivity contribution is 0.303. The van der Waals surface area contributed by atoms with Gasteiger partial charge in [-0.05, 0) is 58.9 Å². The lowest BCUT2D eigenvalue weighted by atomic mass is 9.63. The number of hydrogen-bond donors (Lipinski definition) is 0. The lowest BCUT2D eigenvalue weighted by Gasteiger charge is -2.39. The second kappa shape index (κ2) is 9.13. The summed E-state index contributed by atoms with van der Waals surface area (Å²) in [6.45, 7) is 7.37. The highest BCUT2D eigenvalue weighted by Crippen LogP contribution is 2.65. The summed E-state index contributed by atoms with van der Waals surface area (Å²) >= 11 is 2.23. The highest BCUT2D eigenvalue weighted by Gasteiger charge is 2.57. The normalized spacial score (nSPS) is 26.2. The predicted octanol–water partition coefficient (Wildman–Crippen LogP) is 10.3. The summed E-state index contributed by atoms with van der Waals surface area (Å²) in [4.78, 5) is 0. The van der Waals surface area contributed by atoms with Crippen LogP contribution in [0, 0.1) is 22.7 Å². The standard InChI is InChI=1S/C41H34N2S/c1-40(2)32-16-7-4-12-28(32)31-20-21-33-39(37(31)40)44-36-22-19-25(23-41(33,36)3)27-15-10-11-26(24-42)38(27)43-34-17-8-5-13-29(34)30-14-6-9-18-35(30)43/h4-18,20-21,23,33,36,39H,19,22H2,1-3H3/t33-,36-,39?,41?/m0/s1. The Morgan fingerprint density at radius 3 is 2.25 bits per heavy atom. The Hall–Kier alpha value is -4.26. The summed E-state index contributed by atoms with van der Waals surface area (Å²) in [7, 11) is 0. The van der Waals surface area contributed by atoms with Gasteiger partial charge in [0.2, 0.25) is 0 Å². The van der Waals surface area contributed by atoms with E-state index in [0.29, 0.717) is 16.4 Å². The van der Waals surface area contributed by atoms with Crippen molar-refractivity contribution >= 4 is 44.7 Å². The third kappa shape index (κ3) is 3.33. The van der Waals surface area contributed by atoms with Crippen LogP contribution in [0.2, 0.25) is 0 Å². The number of para-hydroxylation sites is 3. The Balaban J connectivity index is 1.21. The largest absolute Gasteiger partial charge is 0.307 e. The molecule has 0 saturated carbocycles. The topological polar surface area (TPSA) is 28.7 Å². The van der Waals surface area contributed by atoms with Crippen molar-refractivity contribution in [3.63, 3.8) is 0 Å².